The average Bonchev–Trinajstić information content (AvgIpc) is 1.38. The summed E-state index contributed by atoms with van der Waals surface area (Å²) < 4.78 is 0. The Balaban J connectivity index is 2.54. The second kappa shape index (κ2) is 2.18. The van der Waals surface area contributed by atoms with Gasteiger partial charge in [0.2, 0.25) is 0 Å². The minimum absolute atomic E-state index is 0.0509. The fourth-order valence-corrected chi connectivity index (χ4v) is 0. The lowest BCUT2D eigenvalue weighted by atomic mass is 10.4. The van der Waals surface area contributed by atoms with Gasteiger partial charge in [0.25, 0.3) is 0 Å². The average molecular weight is 73.1 g/mol. The smallest absolute Gasteiger partial charge is 0.0249 e. The summed E-state index contributed by atoms with van der Waals surface area (Å²) in [6.07, 6.45) is 0. The molecule has 0 saturated carbocycles. The Kier molecular flexibility index (Phi) is 2.14. The maximum Gasteiger partial charge on any atom is 0.0249 e. The van der Waals surface area contributed by atoms with Gasteiger partial charge in [-0.3, -0.25) is 5.73 Å². The van der Waals surface area contributed by atoms with Crippen LogP contribution in [0.2, 0.25) is 0 Å². The molecule has 2 heteroatoms. The SMILES string of the molecule is CC(N)C[NH]. The normalized spacial score (nSPS) is 15.0. The zero-order valence-electron chi connectivity index (χ0n) is 3.36. The number of hydrogen-bond donors (Lipinski definition) is 1. The van der Waals surface area contributed by atoms with Gasteiger partial charge in [-0.05, 0) is 6.92 Å². The van der Waals surface area contributed by atoms with Crippen molar-refractivity contribution in [2.45, 2.75) is 13.0 Å². The van der Waals surface area contributed by atoms with Crippen molar-refractivity contribution in [3.8, 4) is 0 Å². The molecule has 5 heavy (non-hydrogen) atoms. The molecule has 0 aromatic carbocycles. The molecule has 1 radical (unpaired) electrons. The topological polar surface area (TPSA) is 49.8 Å². The first-order valence-electron chi connectivity index (χ1n) is 1.67. The molecule has 0 aliphatic rings. The van der Waals surface area contributed by atoms with Crippen LogP contribution < -0.4 is 11.5 Å². The van der Waals surface area contributed by atoms with Crippen LogP contribution in [0.5, 0.6) is 0 Å². The van der Waals surface area contributed by atoms with Crippen LogP contribution in [-0.4, -0.2) is 12.6 Å². The van der Waals surface area contributed by atoms with Crippen LogP contribution in [-0.2, 0) is 0 Å². The number of nitrogens with one attached hydrogen (secondary N) is 1. The van der Waals surface area contributed by atoms with E-state index in [0.29, 0.717) is 6.54 Å². The van der Waals surface area contributed by atoms with E-state index in [-0.39, 0.29) is 6.04 Å². The Morgan fingerprint density at radius 3 is 2.20 bits per heavy atom. The highest BCUT2D eigenvalue weighted by molar-refractivity contribution is 4.47. The van der Waals surface area contributed by atoms with Crippen molar-refractivity contribution in [2.24, 2.45) is 5.73 Å². The van der Waals surface area contributed by atoms with Gasteiger partial charge in [-0.1, -0.05) is 0 Å². The van der Waals surface area contributed by atoms with Gasteiger partial charge in [-0.15, -0.1) is 0 Å². The largest absolute Gasteiger partial charge is 0.327 e. The predicted molar refractivity (Wildman–Crippen MR) is 21.6 cm³/mol. The first-order valence-corrected chi connectivity index (χ1v) is 1.67. The molecule has 0 aliphatic heterocycles. The van der Waals surface area contributed by atoms with Crippen LogP contribution in [0, 0.1) is 0 Å². The van der Waals surface area contributed by atoms with E-state index in [1.165, 1.54) is 0 Å². The number of hydrogen-bond acceptors (Lipinski definition) is 1. The Morgan fingerprint density at radius 1 is 2.00 bits per heavy atom. The Hall–Kier alpha value is -0.0800. The predicted octanol–water partition coefficient (Wildman–Crippen LogP) is -0.384. The van der Waals surface area contributed by atoms with Gasteiger partial charge in [-0.25, -0.2) is 0 Å². The highest BCUT2D eigenvalue weighted by atomic mass is 14.7. The van der Waals surface area contributed by atoms with Gasteiger partial charge in [0.05, 0.1) is 0 Å². The molecule has 2 nitrogen and oxygen atoms in total. The standard InChI is InChI=1S/C3H9N2/c1-3(5)2-4/h3-4H,2,5H2,1H3. The molecule has 0 aliphatic carbocycles. The Labute approximate surface area is 32.1 Å². The van der Waals surface area contributed by atoms with Gasteiger partial charge in [-0.2, -0.15) is 0 Å². The van der Waals surface area contributed by atoms with Crippen molar-refractivity contribution in [3.63, 3.8) is 0 Å². The monoisotopic (exact) mass is 73.1 g/mol. The molecular weight excluding hydrogens is 64.0 g/mol. The van der Waals surface area contributed by atoms with Crippen LogP contribution >= 0.6 is 0 Å². The van der Waals surface area contributed by atoms with E-state index in [1.54, 1.807) is 0 Å². The van der Waals surface area contributed by atoms with E-state index in [0.717, 1.165) is 0 Å². The second-order valence-corrected chi connectivity index (χ2v) is 1.18. The van der Waals surface area contributed by atoms with E-state index in [9.17, 15) is 0 Å². The first-order chi connectivity index (χ1) is 2.27. The van der Waals surface area contributed by atoms with Crippen molar-refractivity contribution < 1.29 is 0 Å². The van der Waals surface area contributed by atoms with Crippen molar-refractivity contribution in [1.29, 1.82) is 0 Å². The lowest BCUT2D eigenvalue weighted by Gasteiger charge is -1.91. The van der Waals surface area contributed by atoms with Crippen LogP contribution in [0.25, 0.3) is 0 Å². The van der Waals surface area contributed by atoms with Gasteiger partial charge >= 0.3 is 0 Å². The molecule has 31 valence electrons. The maximum atomic E-state index is 6.53. The van der Waals surface area contributed by atoms with Crippen molar-refractivity contribution >= 4 is 0 Å². The molecule has 0 heterocycles. The quantitative estimate of drug-likeness (QED) is 0.451. The minimum Gasteiger partial charge on any atom is -0.327 e. The van der Waals surface area contributed by atoms with Crippen LogP contribution in [0.1, 0.15) is 6.92 Å². The van der Waals surface area contributed by atoms with Gasteiger partial charge in [0, 0.05) is 12.6 Å². The van der Waals surface area contributed by atoms with E-state index in [1.807, 2.05) is 6.92 Å². The van der Waals surface area contributed by atoms with Crippen molar-refractivity contribution in [1.82, 2.24) is 5.73 Å². The van der Waals surface area contributed by atoms with E-state index in [4.69, 9.17) is 11.5 Å². The molecule has 0 fully saturated rings. The summed E-state index contributed by atoms with van der Waals surface area (Å²) in [7, 11) is 0. The summed E-state index contributed by atoms with van der Waals surface area (Å²) in [5.74, 6) is 0. The zero-order valence-corrected chi connectivity index (χ0v) is 3.36. The summed E-state index contributed by atoms with van der Waals surface area (Å²) >= 11 is 0. The highest BCUT2D eigenvalue weighted by Crippen LogP contribution is 1.61. The maximum absolute atomic E-state index is 6.53. The zero-order chi connectivity index (χ0) is 4.28. The van der Waals surface area contributed by atoms with Crippen molar-refractivity contribution in [2.75, 3.05) is 6.54 Å². The fraction of sp³-hybridized carbons (Fsp3) is 1.00. The molecule has 3 N–H and O–H groups in total. The third-order valence-electron chi connectivity index (χ3n) is 0.322. The van der Waals surface area contributed by atoms with E-state index < -0.39 is 0 Å². The summed E-state index contributed by atoms with van der Waals surface area (Å²) in [4.78, 5) is 0. The second-order valence-electron chi connectivity index (χ2n) is 1.18. The third-order valence-corrected chi connectivity index (χ3v) is 0.322. The van der Waals surface area contributed by atoms with Gasteiger partial charge in [0.1, 0.15) is 0 Å². The first kappa shape index (κ1) is 4.92. The molecule has 0 aromatic rings. The Bertz CT molecular complexity index is 18.9. The van der Waals surface area contributed by atoms with E-state index >= 15 is 0 Å². The van der Waals surface area contributed by atoms with Crippen LogP contribution in [0.4, 0.5) is 0 Å². The van der Waals surface area contributed by atoms with Crippen LogP contribution in [0.3, 0.4) is 0 Å². The third kappa shape index (κ3) is 3.92. The summed E-state index contributed by atoms with van der Waals surface area (Å²) in [5.41, 5.74) is 11.6. The number of rotatable bonds is 1. The fourth-order valence-electron chi connectivity index (χ4n) is 0. The highest BCUT2D eigenvalue weighted by Gasteiger charge is 1.80. The summed E-state index contributed by atoms with van der Waals surface area (Å²) in [5, 5.41) is 0. The lowest BCUT2D eigenvalue weighted by molar-refractivity contribution is 0.739. The molecule has 1 unspecified atom stereocenters. The molecule has 0 aromatic heterocycles. The van der Waals surface area contributed by atoms with Crippen LogP contribution in [0.15, 0.2) is 0 Å². The minimum atomic E-state index is 0.0509. The van der Waals surface area contributed by atoms with Gasteiger partial charge in [0.15, 0.2) is 0 Å². The molecule has 0 bridgehead atoms. The molecule has 0 saturated heterocycles. The Morgan fingerprint density at radius 2 is 2.20 bits per heavy atom. The molecule has 0 spiro atoms. The number of nitrogens with two attached hydrogens (primary N) is 1. The summed E-state index contributed by atoms with van der Waals surface area (Å²) in [6.45, 7) is 2.15. The molecule has 1 atom stereocenters. The molecular formula is C3H9N2. The van der Waals surface area contributed by atoms with E-state index in [2.05, 4.69) is 0 Å². The lowest BCUT2D eigenvalue weighted by Crippen LogP contribution is -2.19. The van der Waals surface area contributed by atoms with Crippen molar-refractivity contribution in [3.05, 3.63) is 0 Å². The summed E-state index contributed by atoms with van der Waals surface area (Å²) in [6, 6.07) is 0.0509. The molecule has 0 amide bonds. The molecule has 0 rings (SSSR count). The van der Waals surface area contributed by atoms with Gasteiger partial charge < -0.3 is 5.73 Å².